The molecule has 6 nitrogen and oxygen atoms in total. The zero-order valence-corrected chi connectivity index (χ0v) is 14.7. The number of carbonyl (C=O) groups is 2. The van der Waals surface area contributed by atoms with E-state index in [2.05, 4.69) is 0 Å². The van der Waals surface area contributed by atoms with Gasteiger partial charge in [-0.2, -0.15) is 0 Å². The summed E-state index contributed by atoms with van der Waals surface area (Å²) >= 11 is 0. The SMILES string of the molecule is COc1ccc(CCN(CC(=O)N2CCCC2)C(C)=O)cc1OC. The van der Waals surface area contributed by atoms with Crippen molar-refractivity contribution in [3.8, 4) is 11.5 Å². The summed E-state index contributed by atoms with van der Waals surface area (Å²) in [7, 11) is 3.19. The van der Waals surface area contributed by atoms with Gasteiger partial charge < -0.3 is 19.3 Å². The fourth-order valence-corrected chi connectivity index (χ4v) is 2.88. The first-order valence-corrected chi connectivity index (χ1v) is 8.29. The molecule has 1 aliphatic rings. The summed E-state index contributed by atoms with van der Waals surface area (Å²) in [5.41, 5.74) is 1.03. The number of hydrogen-bond donors (Lipinski definition) is 0. The van der Waals surface area contributed by atoms with Crippen LogP contribution in [0.5, 0.6) is 11.5 Å². The summed E-state index contributed by atoms with van der Waals surface area (Å²) in [6.07, 6.45) is 2.77. The largest absolute Gasteiger partial charge is 0.493 e. The van der Waals surface area contributed by atoms with Crippen molar-refractivity contribution < 1.29 is 19.1 Å². The monoisotopic (exact) mass is 334 g/mol. The smallest absolute Gasteiger partial charge is 0.242 e. The van der Waals surface area contributed by atoms with Crippen molar-refractivity contribution in [2.45, 2.75) is 26.2 Å². The molecule has 24 heavy (non-hydrogen) atoms. The molecule has 2 amide bonds. The van der Waals surface area contributed by atoms with E-state index in [4.69, 9.17) is 9.47 Å². The molecule has 1 saturated heterocycles. The number of rotatable bonds is 7. The highest BCUT2D eigenvalue weighted by Crippen LogP contribution is 2.27. The standard InChI is InChI=1S/C18H26N2O4/c1-14(21)20(13-18(22)19-9-4-5-10-19)11-8-15-6-7-16(23-2)17(12-15)24-3/h6-7,12H,4-5,8-11,13H2,1-3H3. The molecule has 0 atom stereocenters. The van der Waals surface area contributed by atoms with Gasteiger partial charge in [-0.3, -0.25) is 9.59 Å². The minimum atomic E-state index is -0.0805. The lowest BCUT2D eigenvalue weighted by molar-refractivity contribution is -0.138. The number of ether oxygens (including phenoxy) is 2. The second-order valence-corrected chi connectivity index (χ2v) is 5.97. The minimum Gasteiger partial charge on any atom is -0.493 e. The van der Waals surface area contributed by atoms with Gasteiger partial charge in [-0.25, -0.2) is 0 Å². The van der Waals surface area contributed by atoms with E-state index in [1.165, 1.54) is 6.92 Å². The second-order valence-electron chi connectivity index (χ2n) is 5.97. The van der Waals surface area contributed by atoms with E-state index in [-0.39, 0.29) is 18.4 Å². The van der Waals surface area contributed by atoms with Gasteiger partial charge in [0.2, 0.25) is 11.8 Å². The lowest BCUT2D eigenvalue weighted by atomic mass is 10.1. The Labute approximate surface area is 143 Å². The molecule has 6 heteroatoms. The van der Waals surface area contributed by atoms with Crippen LogP contribution in [0.2, 0.25) is 0 Å². The Kier molecular flexibility index (Phi) is 6.46. The van der Waals surface area contributed by atoms with Gasteiger partial charge in [-0.15, -0.1) is 0 Å². The number of nitrogens with zero attached hydrogens (tertiary/aromatic N) is 2. The van der Waals surface area contributed by atoms with Crippen LogP contribution in [-0.4, -0.2) is 62.0 Å². The summed E-state index contributed by atoms with van der Waals surface area (Å²) in [6.45, 7) is 3.78. The van der Waals surface area contributed by atoms with Crippen molar-refractivity contribution in [1.29, 1.82) is 0 Å². The normalized spacial score (nSPS) is 13.7. The number of hydrogen-bond acceptors (Lipinski definition) is 4. The Hall–Kier alpha value is -2.24. The van der Waals surface area contributed by atoms with Gasteiger partial charge in [0, 0.05) is 26.6 Å². The summed E-state index contributed by atoms with van der Waals surface area (Å²) in [4.78, 5) is 27.5. The molecule has 1 fully saturated rings. The molecule has 0 spiro atoms. The van der Waals surface area contributed by atoms with Gasteiger partial charge in [-0.1, -0.05) is 6.07 Å². The first-order valence-electron chi connectivity index (χ1n) is 8.29. The van der Waals surface area contributed by atoms with Crippen molar-refractivity contribution in [2.24, 2.45) is 0 Å². The van der Waals surface area contributed by atoms with Crippen LogP contribution in [0.15, 0.2) is 18.2 Å². The molecular weight excluding hydrogens is 308 g/mol. The summed E-state index contributed by atoms with van der Waals surface area (Å²) in [6, 6.07) is 5.70. The van der Waals surface area contributed by atoms with Gasteiger partial charge >= 0.3 is 0 Å². The number of likely N-dealkylation sites (tertiary alicyclic amines) is 1. The number of benzene rings is 1. The van der Waals surface area contributed by atoms with Crippen molar-refractivity contribution >= 4 is 11.8 Å². The van der Waals surface area contributed by atoms with Crippen molar-refractivity contribution in [1.82, 2.24) is 9.80 Å². The Morgan fingerprint density at radius 3 is 2.38 bits per heavy atom. The summed E-state index contributed by atoms with van der Waals surface area (Å²) < 4.78 is 10.5. The maximum atomic E-state index is 12.3. The first kappa shape index (κ1) is 18.1. The maximum absolute atomic E-state index is 12.3. The molecule has 2 rings (SSSR count). The molecule has 132 valence electrons. The summed E-state index contributed by atoms with van der Waals surface area (Å²) in [5, 5.41) is 0. The Bertz CT molecular complexity index is 582. The molecule has 1 aromatic rings. The molecule has 0 aromatic heterocycles. The van der Waals surface area contributed by atoms with Gasteiger partial charge in [0.05, 0.1) is 20.8 Å². The highest BCUT2D eigenvalue weighted by atomic mass is 16.5. The van der Waals surface area contributed by atoms with Crippen LogP contribution >= 0.6 is 0 Å². The van der Waals surface area contributed by atoms with E-state index in [1.807, 2.05) is 23.1 Å². The number of methoxy groups -OCH3 is 2. The second kappa shape index (κ2) is 8.57. The highest BCUT2D eigenvalue weighted by molar-refractivity contribution is 5.84. The maximum Gasteiger partial charge on any atom is 0.242 e. The highest BCUT2D eigenvalue weighted by Gasteiger charge is 2.21. The fraction of sp³-hybridized carbons (Fsp3) is 0.556. The number of amides is 2. The van der Waals surface area contributed by atoms with Crippen LogP contribution in [0.3, 0.4) is 0 Å². The predicted octanol–water partition coefficient (Wildman–Crippen LogP) is 1.72. The average molecular weight is 334 g/mol. The topological polar surface area (TPSA) is 59.1 Å². The van der Waals surface area contributed by atoms with E-state index in [0.29, 0.717) is 24.5 Å². The average Bonchev–Trinajstić information content (AvgIpc) is 3.12. The first-order chi connectivity index (χ1) is 11.5. The Morgan fingerprint density at radius 1 is 1.12 bits per heavy atom. The molecule has 0 bridgehead atoms. The zero-order valence-electron chi connectivity index (χ0n) is 14.7. The lowest BCUT2D eigenvalue weighted by Gasteiger charge is -2.24. The van der Waals surface area contributed by atoms with E-state index in [0.717, 1.165) is 31.5 Å². The molecular formula is C18H26N2O4. The zero-order chi connectivity index (χ0) is 17.5. The lowest BCUT2D eigenvalue weighted by Crippen LogP contribution is -2.41. The van der Waals surface area contributed by atoms with Gasteiger partial charge in [0.25, 0.3) is 0 Å². The van der Waals surface area contributed by atoms with Gasteiger partial charge in [-0.05, 0) is 37.0 Å². The Morgan fingerprint density at radius 2 is 1.79 bits per heavy atom. The van der Waals surface area contributed by atoms with E-state index in [1.54, 1.807) is 19.1 Å². The van der Waals surface area contributed by atoms with Crippen LogP contribution in [0.4, 0.5) is 0 Å². The van der Waals surface area contributed by atoms with Crippen LogP contribution < -0.4 is 9.47 Å². The Balaban J connectivity index is 1.95. The van der Waals surface area contributed by atoms with Crippen LogP contribution in [0, 0.1) is 0 Å². The molecule has 0 saturated carbocycles. The van der Waals surface area contributed by atoms with Gasteiger partial charge in [0.1, 0.15) is 0 Å². The van der Waals surface area contributed by atoms with E-state index in [9.17, 15) is 9.59 Å². The third kappa shape index (κ3) is 4.63. The quantitative estimate of drug-likeness (QED) is 0.762. The van der Waals surface area contributed by atoms with Crippen molar-refractivity contribution in [3.05, 3.63) is 23.8 Å². The van der Waals surface area contributed by atoms with Crippen molar-refractivity contribution in [2.75, 3.05) is 40.4 Å². The molecule has 0 unspecified atom stereocenters. The molecule has 0 aliphatic carbocycles. The van der Waals surface area contributed by atoms with Crippen LogP contribution in [0.25, 0.3) is 0 Å². The summed E-state index contributed by atoms with van der Waals surface area (Å²) in [5.74, 6) is 1.30. The minimum absolute atomic E-state index is 0.0370. The van der Waals surface area contributed by atoms with Gasteiger partial charge in [0.15, 0.2) is 11.5 Å². The van der Waals surface area contributed by atoms with Crippen LogP contribution in [0.1, 0.15) is 25.3 Å². The fourth-order valence-electron chi connectivity index (χ4n) is 2.88. The third-order valence-electron chi connectivity index (χ3n) is 4.35. The van der Waals surface area contributed by atoms with E-state index >= 15 is 0 Å². The molecule has 1 aromatic carbocycles. The molecule has 0 radical (unpaired) electrons. The number of carbonyl (C=O) groups excluding carboxylic acids is 2. The van der Waals surface area contributed by atoms with Crippen molar-refractivity contribution in [3.63, 3.8) is 0 Å². The predicted molar refractivity (Wildman–Crippen MR) is 91.3 cm³/mol. The third-order valence-corrected chi connectivity index (χ3v) is 4.35. The molecule has 0 N–H and O–H groups in total. The molecule has 1 aliphatic heterocycles. The molecule has 1 heterocycles. The van der Waals surface area contributed by atoms with Crippen LogP contribution in [-0.2, 0) is 16.0 Å². The van der Waals surface area contributed by atoms with E-state index < -0.39 is 0 Å².